The van der Waals surface area contributed by atoms with Crippen LogP contribution in [0.25, 0.3) is 0 Å². The van der Waals surface area contributed by atoms with E-state index < -0.39 is 5.83 Å². The summed E-state index contributed by atoms with van der Waals surface area (Å²) in [5.41, 5.74) is 5.79. The zero-order chi connectivity index (χ0) is 15.1. The van der Waals surface area contributed by atoms with Crippen molar-refractivity contribution in [3.63, 3.8) is 0 Å². The zero-order valence-corrected chi connectivity index (χ0v) is 12.0. The number of hydrogen-bond acceptors (Lipinski definition) is 3. The molecule has 114 valence electrons. The lowest BCUT2D eigenvalue weighted by atomic mass is 10.1. The molecule has 0 bridgehead atoms. The molecule has 0 aliphatic heterocycles. The number of rotatable bonds is 6. The van der Waals surface area contributed by atoms with Gasteiger partial charge in [0.2, 0.25) is 0 Å². The summed E-state index contributed by atoms with van der Waals surface area (Å²) in [6.07, 6.45) is 5.74. The third-order valence-corrected chi connectivity index (χ3v) is 3.52. The molecular formula is C16H21FN2O2. The van der Waals surface area contributed by atoms with E-state index in [0.717, 1.165) is 12.8 Å². The lowest BCUT2D eigenvalue weighted by Crippen LogP contribution is -2.32. The number of benzene rings is 1. The molecule has 0 aromatic heterocycles. The summed E-state index contributed by atoms with van der Waals surface area (Å²) in [7, 11) is 0. The van der Waals surface area contributed by atoms with Crippen molar-refractivity contribution in [2.45, 2.75) is 31.7 Å². The van der Waals surface area contributed by atoms with Crippen LogP contribution in [0.4, 0.5) is 4.39 Å². The maximum Gasteiger partial charge on any atom is 0.251 e. The van der Waals surface area contributed by atoms with Gasteiger partial charge in [-0.05, 0) is 43.2 Å². The SMILES string of the molecule is NC/C=C(\F)COc1ccc(C(=O)NC2CCCC2)cc1. The largest absolute Gasteiger partial charge is 0.487 e. The highest BCUT2D eigenvalue weighted by molar-refractivity contribution is 5.94. The van der Waals surface area contributed by atoms with Crippen LogP contribution in [0.15, 0.2) is 36.2 Å². The maximum absolute atomic E-state index is 13.1. The lowest BCUT2D eigenvalue weighted by molar-refractivity contribution is 0.0938. The van der Waals surface area contributed by atoms with Gasteiger partial charge in [-0.2, -0.15) is 0 Å². The second-order valence-electron chi connectivity index (χ2n) is 5.15. The van der Waals surface area contributed by atoms with E-state index in [1.54, 1.807) is 24.3 Å². The molecule has 2 rings (SSSR count). The molecule has 3 N–H and O–H groups in total. The van der Waals surface area contributed by atoms with Crippen LogP contribution < -0.4 is 15.8 Å². The van der Waals surface area contributed by atoms with Gasteiger partial charge in [-0.25, -0.2) is 4.39 Å². The Bertz CT molecular complexity index is 494. The summed E-state index contributed by atoms with van der Waals surface area (Å²) >= 11 is 0. The van der Waals surface area contributed by atoms with Crippen molar-refractivity contribution in [3.05, 3.63) is 41.7 Å². The number of hydrogen-bond donors (Lipinski definition) is 2. The summed E-state index contributed by atoms with van der Waals surface area (Å²) in [5, 5.41) is 3.02. The fraction of sp³-hybridized carbons (Fsp3) is 0.438. The Morgan fingerprint density at radius 3 is 2.62 bits per heavy atom. The third-order valence-electron chi connectivity index (χ3n) is 3.52. The minimum atomic E-state index is -0.402. The highest BCUT2D eigenvalue weighted by atomic mass is 19.1. The van der Waals surface area contributed by atoms with Crippen LogP contribution in [-0.2, 0) is 0 Å². The molecule has 0 unspecified atom stereocenters. The van der Waals surface area contributed by atoms with Crippen LogP contribution in [0.2, 0.25) is 0 Å². The zero-order valence-electron chi connectivity index (χ0n) is 12.0. The molecular weight excluding hydrogens is 271 g/mol. The monoisotopic (exact) mass is 292 g/mol. The van der Waals surface area contributed by atoms with Gasteiger partial charge in [-0.15, -0.1) is 0 Å². The van der Waals surface area contributed by atoms with Crippen molar-refractivity contribution < 1.29 is 13.9 Å². The molecule has 1 aliphatic rings. The predicted molar refractivity (Wildman–Crippen MR) is 79.9 cm³/mol. The predicted octanol–water partition coefficient (Wildman–Crippen LogP) is 2.55. The van der Waals surface area contributed by atoms with E-state index in [0.29, 0.717) is 17.4 Å². The van der Waals surface area contributed by atoms with Crippen molar-refractivity contribution >= 4 is 5.91 Å². The minimum Gasteiger partial charge on any atom is -0.487 e. The molecule has 0 saturated heterocycles. The third kappa shape index (κ3) is 4.86. The summed E-state index contributed by atoms with van der Waals surface area (Å²) in [4.78, 5) is 12.0. The van der Waals surface area contributed by atoms with Crippen molar-refractivity contribution in [1.29, 1.82) is 0 Å². The maximum atomic E-state index is 13.1. The van der Waals surface area contributed by atoms with Gasteiger partial charge >= 0.3 is 0 Å². The molecule has 5 heteroatoms. The van der Waals surface area contributed by atoms with E-state index in [-0.39, 0.29) is 19.1 Å². The molecule has 0 heterocycles. The fourth-order valence-electron chi connectivity index (χ4n) is 2.38. The van der Waals surface area contributed by atoms with Crippen LogP contribution >= 0.6 is 0 Å². The van der Waals surface area contributed by atoms with Crippen LogP contribution in [0, 0.1) is 0 Å². The number of nitrogens with two attached hydrogens (primary N) is 1. The molecule has 1 aromatic carbocycles. The number of ether oxygens (including phenoxy) is 1. The van der Waals surface area contributed by atoms with Crippen LogP contribution in [0.3, 0.4) is 0 Å². The van der Waals surface area contributed by atoms with Crippen LogP contribution in [0.1, 0.15) is 36.0 Å². The second-order valence-corrected chi connectivity index (χ2v) is 5.15. The van der Waals surface area contributed by atoms with Gasteiger partial charge in [0.25, 0.3) is 5.91 Å². The summed E-state index contributed by atoms with van der Waals surface area (Å²) in [6, 6.07) is 7.00. The summed E-state index contributed by atoms with van der Waals surface area (Å²) in [5.74, 6) is 0.0520. The lowest BCUT2D eigenvalue weighted by Gasteiger charge is -2.12. The van der Waals surface area contributed by atoms with Gasteiger partial charge in [-0.3, -0.25) is 4.79 Å². The molecule has 1 saturated carbocycles. The van der Waals surface area contributed by atoms with E-state index in [1.165, 1.54) is 18.9 Å². The number of amides is 1. The van der Waals surface area contributed by atoms with E-state index in [4.69, 9.17) is 10.5 Å². The first kappa shape index (κ1) is 15.5. The second kappa shape index (κ2) is 7.78. The Labute approximate surface area is 124 Å². The first-order valence-electron chi connectivity index (χ1n) is 7.27. The molecule has 0 spiro atoms. The van der Waals surface area contributed by atoms with Crippen LogP contribution in [0.5, 0.6) is 5.75 Å². The first-order chi connectivity index (χ1) is 10.2. The molecule has 4 nitrogen and oxygen atoms in total. The Hall–Kier alpha value is -1.88. The smallest absolute Gasteiger partial charge is 0.251 e. The summed E-state index contributed by atoms with van der Waals surface area (Å²) < 4.78 is 18.4. The van der Waals surface area contributed by atoms with Gasteiger partial charge in [0.1, 0.15) is 18.2 Å². The van der Waals surface area contributed by atoms with E-state index in [9.17, 15) is 9.18 Å². The van der Waals surface area contributed by atoms with Gasteiger partial charge in [-0.1, -0.05) is 12.8 Å². The normalized spacial score (nSPS) is 16.0. The molecule has 1 aromatic rings. The van der Waals surface area contributed by atoms with E-state index >= 15 is 0 Å². The van der Waals surface area contributed by atoms with Crippen LogP contribution in [-0.4, -0.2) is 25.1 Å². The van der Waals surface area contributed by atoms with E-state index in [1.807, 2.05) is 0 Å². The number of nitrogens with one attached hydrogen (secondary N) is 1. The average molecular weight is 292 g/mol. The molecule has 1 fully saturated rings. The first-order valence-corrected chi connectivity index (χ1v) is 7.27. The van der Waals surface area contributed by atoms with Crippen molar-refractivity contribution in [3.8, 4) is 5.75 Å². The molecule has 0 radical (unpaired) electrons. The van der Waals surface area contributed by atoms with E-state index in [2.05, 4.69) is 5.32 Å². The average Bonchev–Trinajstić information content (AvgIpc) is 2.99. The standard InChI is InChI=1S/C16H21FN2O2/c17-13(9-10-18)11-21-15-7-5-12(6-8-15)16(20)19-14-3-1-2-4-14/h5-9,14H,1-4,10-11,18H2,(H,19,20)/b13-9-. The molecule has 1 amide bonds. The highest BCUT2D eigenvalue weighted by Gasteiger charge is 2.17. The Morgan fingerprint density at radius 2 is 2.00 bits per heavy atom. The van der Waals surface area contributed by atoms with Crippen molar-refractivity contribution in [2.24, 2.45) is 5.73 Å². The quantitative estimate of drug-likeness (QED) is 0.847. The number of halogens is 1. The van der Waals surface area contributed by atoms with Crippen molar-refractivity contribution in [1.82, 2.24) is 5.32 Å². The minimum absolute atomic E-state index is 0.0670. The Balaban J connectivity index is 1.86. The molecule has 1 aliphatic carbocycles. The fourth-order valence-corrected chi connectivity index (χ4v) is 2.38. The summed E-state index contributed by atoms with van der Waals surface area (Å²) in [6.45, 7) is 0.000284. The highest BCUT2D eigenvalue weighted by Crippen LogP contribution is 2.19. The molecule has 0 atom stereocenters. The van der Waals surface area contributed by atoms with Gasteiger partial charge < -0.3 is 15.8 Å². The van der Waals surface area contributed by atoms with Gasteiger partial charge in [0, 0.05) is 18.2 Å². The Kier molecular flexibility index (Phi) is 5.75. The number of carbonyl (C=O) groups is 1. The number of carbonyl (C=O) groups excluding carboxylic acids is 1. The Morgan fingerprint density at radius 1 is 1.33 bits per heavy atom. The van der Waals surface area contributed by atoms with Gasteiger partial charge in [0.15, 0.2) is 0 Å². The van der Waals surface area contributed by atoms with Crippen molar-refractivity contribution in [2.75, 3.05) is 13.2 Å². The topological polar surface area (TPSA) is 64.3 Å². The molecule has 21 heavy (non-hydrogen) atoms. The van der Waals surface area contributed by atoms with Gasteiger partial charge in [0.05, 0.1) is 0 Å².